The summed E-state index contributed by atoms with van der Waals surface area (Å²) in [6.45, 7) is 8.69. The van der Waals surface area contributed by atoms with Gasteiger partial charge in [-0.15, -0.1) is 11.8 Å². The van der Waals surface area contributed by atoms with Gasteiger partial charge in [0.15, 0.2) is 0 Å². The lowest BCUT2D eigenvalue weighted by atomic mass is 10.1. The van der Waals surface area contributed by atoms with Crippen molar-refractivity contribution >= 4 is 17.7 Å². The van der Waals surface area contributed by atoms with Crippen LogP contribution in [0.5, 0.6) is 0 Å². The summed E-state index contributed by atoms with van der Waals surface area (Å²) in [5.41, 5.74) is 5.03. The molecular weight excluding hydrogens is 334 g/mol. The van der Waals surface area contributed by atoms with Crippen molar-refractivity contribution in [2.45, 2.75) is 40.0 Å². The van der Waals surface area contributed by atoms with Crippen LogP contribution in [0.2, 0.25) is 0 Å². The molecule has 1 heterocycles. The first-order valence-electron chi connectivity index (χ1n) is 8.32. The lowest BCUT2D eigenvalue weighted by Crippen LogP contribution is -2.33. The van der Waals surface area contributed by atoms with Crippen molar-refractivity contribution in [3.8, 4) is 0 Å². The Morgan fingerprint density at radius 1 is 1.12 bits per heavy atom. The van der Waals surface area contributed by atoms with E-state index in [9.17, 15) is 9.59 Å². The monoisotopic (exact) mass is 359 g/mol. The van der Waals surface area contributed by atoms with Crippen LogP contribution in [0.1, 0.15) is 28.1 Å². The summed E-state index contributed by atoms with van der Waals surface area (Å²) in [6, 6.07) is 8.31. The Morgan fingerprint density at radius 3 is 2.44 bits per heavy atom. The SMILES string of the molecule is Cc1cc(C)cc(CSCC(=O)NCCn2c(C)cc(C)nc2=O)c1. The normalized spacial score (nSPS) is 10.7. The number of hydrogen-bond acceptors (Lipinski definition) is 4. The highest BCUT2D eigenvalue weighted by molar-refractivity contribution is 7.99. The van der Waals surface area contributed by atoms with E-state index in [-0.39, 0.29) is 11.6 Å². The highest BCUT2D eigenvalue weighted by Crippen LogP contribution is 2.15. The van der Waals surface area contributed by atoms with E-state index in [4.69, 9.17) is 0 Å². The van der Waals surface area contributed by atoms with Crippen molar-refractivity contribution in [1.29, 1.82) is 0 Å². The van der Waals surface area contributed by atoms with Gasteiger partial charge in [0.2, 0.25) is 5.91 Å². The lowest BCUT2D eigenvalue weighted by molar-refractivity contribution is -0.118. The number of carbonyl (C=O) groups excluding carboxylic acids is 1. The molecule has 6 heteroatoms. The quantitative estimate of drug-likeness (QED) is 0.825. The van der Waals surface area contributed by atoms with Crippen LogP contribution in [0.15, 0.2) is 29.1 Å². The van der Waals surface area contributed by atoms with Crippen molar-refractivity contribution in [2.24, 2.45) is 0 Å². The van der Waals surface area contributed by atoms with Crippen LogP contribution in [0.3, 0.4) is 0 Å². The first-order chi connectivity index (χ1) is 11.8. The summed E-state index contributed by atoms with van der Waals surface area (Å²) >= 11 is 1.59. The predicted octanol–water partition coefficient (Wildman–Crippen LogP) is 2.53. The summed E-state index contributed by atoms with van der Waals surface area (Å²) in [5.74, 6) is 1.21. The molecule has 2 rings (SSSR count). The van der Waals surface area contributed by atoms with Gasteiger partial charge < -0.3 is 5.32 Å². The fraction of sp³-hybridized carbons (Fsp3) is 0.421. The number of rotatable bonds is 7. The van der Waals surface area contributed by atoms with Crippen LogP contribution >= 0.6 is 11.8 Å². The number of aryl methyl sites for hydroxylation is 4. The Morgan fingerprint density at radius 2 is 1.80 bits per heavy atom. The molecule has 0 aliphatic heterocycles. The van der Waals surface area contributed by atoms with Gasteiger partial charge in [0.05, 0.1) is 5.75 Å². The molecule has 1 aromatic carbocycles. The first-order valence-corrected chi connectivity index (χ1v) is 9.47. The molecule has 0 saturated carbocycles. The average Bonchev–Trinajstić information content (AvgIpc) is 2.49. The molecule has 1 amide bonds. The molecule has 0 bridgehead atoms. The highest BCUT2D eigenvalue weighted by atomic mass is 32.2. The number of nitrogens with zero attached hydrogens (tertiary/aromatic N) is 2. The van der Waals surface area contributed by atoms with Gasteiger partial charge in [-0.05, 0) is 39.3 Å². The number of carbonyl (C=O) groups is 1. The predicted molar refractivity (Wildman–Crippen MR) is 103 cm³/mol. The van der Waals surface area contributed by atoms with Gasteiger partial charge in [-0.25, -0.2) is 4.79 Å². The van der Waals surface area contributed by atoms with Gasteiger partial charge in [-0.3, -0.25) is 9.36 Å². The fourth-order valence-corrected chi connectivity index (χ4v) is 3.61. The molecule has 5 nitrogen and oxygen atoms in total. The lowest BCUT2D eigenvalue weighted by Gasteiger charge is -2.10. The molecular formula is C19H25N3O2S. The Labute approximate surface area is 152 Å². The van der Waals surface area contributed by atoms with Crippen LogP contribution in [-0.2, 0) is 17.1 Å². The maximum atomic E-state index is 11.9. The van der Waals surface area contributed by atoms with Crippen molar-refractivity contribution in [2.75, 3.05) is 12.3 Å². The van der Waals surface area contributed by atoms with Crippen LogP contribution in [0, 0.1) is 27.7 Å². The number of benzene rings is 1. The minimum atomic E-state index is -0.268. The van der Waals surface area contributed by atoms with Crippen LogP contribution in [0.4, 0.5) is 0 Å². The van der Waals surface area contributed by atoms with Gasteiger partial charge in [-0.1, -0.05) is 29.3 Å². The maximum absolute atomic E-state index is 11.9. The summed E-state index contributed by atoms with van der Waals surface area (Å²) in [5, 5.41) is 2.86. The largest absolute Gasteiger partial charge is 0.354 e. The molecule has 0 atom stereocenters. The van der Waals surface area contributed by atoms with E-state index < -0.39 is 0 Å². The molecule has 2 aromatic rings. The van der Waals surface area contributed by atoms with Gasteiger partial charge in [-0.2, -0.15) is 4.98 Å². The Kier molecular flexibility index (Phi) is 6.82. The fourth-order valence-electron chi connectivity index (χ4n) is 2.82. The molecule has 1 N–H and O–H groups in total. The van der Waals surface area contributed by atoms with E-state index in [1.54, 1.807) is 23.3 Å². The van der Waals surface area contributed by atoms with E-state index >= 15 is 0 Å². The second-order valence-corrected chi connectivity index (χ2v) is 7.30. The molecule has 0 spiro atoms. The highest BCUT2D eigenvalue weighted by Gasteiger charge is 2.05. The summed E-state index contributed by atoms with van der Waals surface area (Å²) in [6.07, 6.45) is 0. The molecule has 0 fully saturated rings. The number of aromatic nitrogens is 2. The van der Waals surface area contributed by atoms with Gasteiger partial charge >= 0.3 is 5.69 Å². The smallest absolute Gasteiger partial charge is 0.348 e. The van der Waals surface area contributed by atoms with E-state index in [0.717, 1.165) is 11.4 Å². The molecule has 134 valence electrons. The minimum absolute atomic E-state index is 0.0138. The first kappa shape index (κ1) is 19.2. The third kappa shape index (κ3) is 6.05. The maximum Gasteiger partial charge on any atom is 0.348 e. The molecule has 0 aliphatic carbocycles. The van der Waals surface area contributed by atoms with Crippen LogP contribution in [-0.4, -0.2) is 27.8 Å². The van der Waals surface area contributed by atoms with Crippen molar-refractivity contribution < 1.29 is 4.79 Å². The zero-order chi connectivity index (χ0) is 18.4. The summed E-state index contributed by atoms with van der Waals surface area (Å²) < 4.78 is 1.58. The van der Waals surface area contributed by atoms with Crippen molar-refractivity contribution in [1.82, 2.24) is 14.9 Å². The van der Waals surface area contributed by atoms with Gasteiger partial charge in [0, 0.05) is 30.2 Å². The Bertz CT molecular complexity index is 795. The minimum Gasteiger partial charge on any atom is -0.354 e. The Hall–Kier alpha value is -2.08. The zero-order valence-corrected chi connectivity index (χ0v) is 16.1. The number of amides is 1. The van der Waals surface area contributed by atoms with Crippen LogP contribution in [0.25, 0.3) is 0 Å². The number of thioether (sulfide) groups is 1. The third-order valence-corrected chi connectivity index (χ3v) is 4.79. The van der Waals surface area contributed by atoms with Crippen LogP contribution < -0.4 is 11.0 Å². The Balaban J connectivity index is 1.75. The summed E-state index contributed by atoms with van der Waals surface area (Å²) in [7, 11) is 0. The molecule has 0 aliphatic rings. The molecule has 25 heavy (non-hydrogen) atoms. The second kappa shape index (κ2) is 8.85. The van der Waals surface area contributed by atoms with Crippen molar-refractivity contribution in [3.05, 3.63) is 62.8 Å². The third-order valence-electron chi connectivity index (χ3n) is 3.79. The van der Waals surface area contributed by atoms with E-state index in [1.165, 1.54) is 16.7 Å². The number of hydrogen-bond donors (Lipinski definition) is 1. The number of nitrogens with one attached hydrogen (secondary N) is 1. The van der Waals surface area contributed by atoms with Crippen molar-refractivity contribution in [3.63, 3.8) is 0 Å². The topological polar surface area (TPSA) is 64.0 Å². The van der Waals surface area contributed by atoms with E-state index in [1.807, 2.05) is 13.0 Å². The molecule has 1 aromatic heterocycles. The van der Waals surface area contributed by atoms with E-state index in [0.29, 0.717) is 24.5 Å². The van der Waals surface area contributed by atoms with Gasteiger partial charge in [0.1, 0.15) is 0 Å². The van der Waals surface area contributed by atoms with E-state index in [2.05, 4.69) is 42.3 Å². The second-order valence-electron chi connectivity index (χ2n) is 6.31. The zero-order valence-electron chi connectivity index (χ0n) is 15.3. The molecule has 0 unspecified atom stereocenters. The average molecular weight is 359 g/mol. The molecule has 0 saturated heterocycles. The van der Waals surface area contributed by atoms with Gasteiger partial charge in [0.25, 0.3) is 0 Å². The molecule has 0 radical (unpaired) electrons. The summed E-state index contributed by atoms with van der Waals surface area (Å²) in [4.78, 5) is 27.7. The standard InChI is InChI=1S/C19H25N3O2S/c1-13-7-14(2)9-17(8-13)11-25-12-18(23)20-5-6-22-16(4)10-15(3)21-19(22)24/h7-10H,5-6,11-12H2,1-4H3,(H,20,23).